The summed E-state index contributed by atoms with van der Waals surface area (Å²) in [4.78, 5) is 7.11. The van der Waals surface area contributed by atoms with Gasteiger partial charge in [-0.05, 0) is 37.6 Å². The molecule has 2 heterocycles. The van der Waals surface area contributed by atoms with Crippen LogP contribution in [0.15, 0.2) is 41.7 Å². The van der Waals surface area contributed by atoms with Gasteiger partial charge in [0.15, 0.2) is 5.96 Å². The summed E-state index contributed by atoms with van der Waals surface area (Å²) in [5.41, 5.74) is 2.06. The summed E-state index contributed by atoms with van der Waals surface area (Å²) in [6.07, 6.45) is 5.01. The molecule has 1 atom stereocenters. The molecule has 7 heteroatoms. The van der Waals surface area contributed by atoms with Gasteiger partial charge in [-0.25, -0.2) is 9.67 Å². The molecule has 1 saturated heterocycles. The number of hydrogen-bond acceptors (Lipinski definition) is 3. The lowest BCUT2D eigenvalue weighted by Crippen LogP contribution is -2.40. The Morgan fingerprint density at radius 3 is 2.92 bits per heavy atom. The summed E-state index contributed by atoms with van der Waals surface area (Å²) in [6.45, 7) is 6.36. The predicted octanol–water partition coefficient (Wildman–Crippen LogP) is 2.96. The van der Waals surface area contributed by atoms with Gasteiger partial charge in [0.2, 0.25) is 0 Å². The zero-order valence-corrected chi connectivity index (χ0v) is 16.1. The maximum Gasteiger partial charge on any atom is 0.194 e. The molecule has 1 aliphatic heterocycles. The summed E-state index contributed by atoms with van der Waals surface area (Å²) >= 11 is 5.94. The molecule has 0 amide bonds. The number of ether oxygens (including phenoxy) is 1. The van der Waals surface area contributed by atoms with Crippen LogP contribution in [-0.2, 0) is 11.3 Å². The summed E-state index contributed by atoms with van der Waals surface area (Å²) < 4.78 is 7.13. The van der Waals surface area contributed by atoms with Crippen molar-refractivity contribution in [2.24, 2.45) is 10.9 Å². The lowest BCUT2D eigenvalue weighted by molar-refractivity contribution is 0.157. The van der Waals surface area contributed by atoms with E-state index in [1.165, 1.54) is 0 Å². The van der Waals surface area contributed by atoms with Crippen molar-refractivity contribution in [2.75, 3.05) is 33.4 Å². The van der Waals surface area contributed by atoms with Crippen LogP contribution < -0.4 is 5.32 Å². The molecule has 2 aromatic rings. The van der Waals surface area contributed by atoms with Crippen molar-refractivity contribution in [3.63, 3.8) is 0 Å². The quantitative estimate of drug-likeness (QED) is 0.623. The Labute approximate surface area is 159 Å². The SMILES string of the molecule is CCNC(=NCc1cnn(-c2ccc(Cl)cc2)c1)N1CCC(COC)C1. The molecule has 0 aliphatic carbocycles. The first-order valence-corrected chi connectivity index (χ1v) is 9.39. The third-order valence-electron chi connectivity index (χ3n) is 4.46. The summed E-state index contributed by atoms with van der Waals surface area (Å²) in [5, 5.41) is 8.54. The van der Waals surface area contributed by atoms with E-state index in [4.69, 9.17) is 21.3 Å². The molecule has 3 rings (SSSR count). The fourth-order valence-electron chi connectivity index (χ4n) is 3.17. The van der Waals surface area contributed by atoms with Crippen LogP contribution in [0.3, 0.4) is 0 Å². The number of guanidine groups is 1. The van der Waals surface area contributed by atoms with E-state index in [2.05, 4.69) is 22.2 Å². The molecule has 1 aliphatic rings. The summed E-state index contributed by atoms with van der Waals surface area (Å²) in [7, 11) is 1.76. The zero-order valence-electron chi connectivity index (χ0n) is 15.4. The van der Waals surface area contributed by atoms with Crippen molar-refractivity contribution in [1.29, 1.82) is 0 Å². The molecule has 1 aromatic carbocycles. The molecular formula is C19H26ClN5O. The van der Waals surface area contributed by atoms with Gasteiger partial charge in [-0.15, -0.1) is 0 Å². The highest BCUT2D eigenvalue weighted by Crippen LogP contribution is 2.17. The molecule has 6 nitrogen and oxygen atoms in total. The Bertz CT molecular complexity index is 728. The van der Waals surface area contributed by atoms with Crippen molar-refractivity contribution in [3.05, 3.63) is 47.2 Å². The number of halogens is 1. The number of likely N-dealkylation sites (tertiary alicyclic amines) is 1. The van der Waals surface area contributed by atoms with Gasteiger partial charge in [0, 0.05) is 49.4 Å². The Morgan fingerprint density at radius 1 is 1.38 bits per heavy atom. The van der Waals surface area contributed by atoms with E-state index in [0.717, 1.165) is 54.9 Å². The van der Waals surface area contributed by atoms with E-state index >= 15 is 0 Å². The minimum atomic E-state index is 0.580. The molecule has 140 valence electrons. The van der Waals surface area contributed by atoms with Gasteiger partial charge in [-0.1, -0.05) is 11.6 Å². The maximum absolute atomic E-state index is 5.94. The Kier molecular flexibility index (Phi) is 6.52. The van der Waals surface area contributed by atoms with Gasteiger partial charge in [0.1, 0.15) is 0 Å². The number of benzene rings is 1. The van der Waals surface area contributed by atoms with E-state index < -0.39 is 0 Å². The number of aromatic nitrogens is 2. The van der Waals surface area contributed by atoms with E-state index in [1.54, 1.807) is 7.11 Å². The van der Waals surface area contributed by atoms with Crippen LogP contribution in [0.1, 0.15) is 18.9 Å². The highest BCUT2D eigenvalue weighted by Gasteiger charge is 2.24. The average Bonchev–Trinajstić information content (AvgIpc) is 3.29. The van der Waals surface area contributed by atoms with Crippen LogP contribution >= 0.6 is 11.6 Å². The first-order chi connectivity index (χ1) is 12.7. The van der Waals surface area contributed by atoms with E-state index in [1.807, 2.05) is 41.3 Å². The summed E-state index contributed by atoms with van der Waals surface area (Å²) in [6, 6.07) is 7.63. The largest absolute Gasteiger partial charge is 0.384 e. The van der Waals surface area contributed by atoms with E-state index in [0.29, 0.717) is 12.5 Å². The molecule has 1 unspecified atom stereocenters. The topological polar surface area (TPSA) is 54.7 Å². The minimum absolute atomic E-state index is 0.580. The van der Waals surface area contributed by atoms with Crippen LogP contribution in [-0.4, -0.2) is 54.0 Å². The molecular weight excluding hydrogens is 350 g/mol. The van der Waals surface area contributed by atoms with Gasteiger partial charge in [-0.3, -0.25) is 0 Å². The second kappa shape index (κ2) is 9.05. The van der Waals surface area contributed by atoms with Gasteiger partial charge < -0.3 is 15.0 Å². The van der Waals surface area contributed by atoms with Crippen molar-refractivity contribution < 1.29 is 4.74 Å². The number of aliphatic imine (C=N–C) groups is 1. The Morgan fingerprint density at radius 2 is 2.19 bits per heavy atom. The van der Waals surface area contributed by atoms with Crippen LogP contribution in [0.4, 0.5) is 0 Å². The maximum atomic E-state index is 5.94. The number of hydrogen-bond donors (Lipinski definition) is 1. The third-order valence-corrected chi connectivity index (χ3v) is 4.71. The fourth-order valence-corrected chi connectivity index (χ4v) is 3.29. The lowest BCUT2D eigenvalue weighted by atomic mass is 10.1. The van der Waals surface area contributed by atoms with Crippen LogP contribution in [0.25, 0.3) is 5.69 Å². The second-order valence-corrected chi connectivity index (χ2v) is 6.93. The van der Waals surface area contributed by atoms with Gasteiger partial charge in [-0.2, -0.15) is 5.10 Å². The third kappa shape index (κ3) is 4.77. The standard InChI is InChI=1S/C19H26ClN5O/c1-3-21-19(24-9-8-15(12-24)14-26-2)22-10-16-11-23-25(13-16)18-6-4-17(20)5-7-18/h4-7,11,13,15H,3,8-10,12,14H2,1-2H3,(H,21,22). The molecule has 26 heavy (non-hydrogen) atoms. The number of nitrogens with one attached hydrogen (secondary N) is 1. The predicted molar refractivity (Wildman–Crippen MR) is 105 cm³/mol. The van der Waals surface area contributed by atoms with Crippen molar-refractivity contribution >= 4 is 17.6 Å². The molecule has 1 aromatic heterocycles. The van der Waals surface area contributed by atoms with E-state index in [9.17, 15) is 0 Å². The van der Waals surface area contributed by atoms with Crippen LogP contribution in [0.5, 0.6) is 0 Å². The molecule has 0 radical (unpaired) electrons. The normalized spacial score (nSPS) is 17.7. The molecule has 1 fully saturated rings. The molecule has 0 spiro atoms. The van der Waals surface area contributed by atoms with Crippen LogP contribution in [0.2, 0.25) is 5.02 Å². The Hall–Kier alpha value is -2.05. The Balaban J connectivity index is 1.65. The number of methoxy groups -OCH3 is 1. The molecule has 1 N–H and O–H groups in total. The van der Waals surface area contributed by atoms with Crippen molar-refractivity contribution in [3.8, 4) is 5.69 Å². The highest BCUT2D eigenvalue weighted by atomic mass is 35.5. The number of nitrogens with zero attached hydrogens (tertiary/aromatic N) is 4. The fraction of sp³-hybridized carbons (Fsp3) is 0.474. The van der Waals surface area contributed by atoms with Crippen molar-refractivity contribution in [1.82, 2.24) is 20.0 Å². The van der Waals surface area contributed by atoms with Crippen LogP contribution in [0, 0.1) is 5.92 Å². The van der Waals surface area contributed by atoms with E-state index in [-0.39, 0.29) is 0 Å². The average molecular weight is 376 g/mol. The van der Waals surface area contributed by atoms with Gasteiger partial charge >= 0.3 is 0 Å². The first kappa shape index (κ1) is 18.7. The zero-order chi connectivity index (χ0) is 18.4. The molecule has 0 bridgehead atoms. The second-order valence-electron chi connectivity index (χ2n) is 6.50. The van der Waals surface area contributed by atoms with Gasteiger partial charge in [0.05, 0.1) is 25.0 Å². The number of rotatable bonds is 6. The lowest BCUT2D eigenvalue weighted by Gasteiger charge is -2.21. The highest BCUT2D eigenvalue weighted by molar-refractivity contribution is 6.30. The first-order valence-electron chi connectivity index (χ1n) is 9.01. The molecule has 0 saturated carbocycles. The monoisotopic (exact) mass is 375 g/mol. The van der Waals surface area contributed by atoms with Crippen molar-refractivity contribution in [2.45, 2.75) is 19.9 Å². The smallest absolute Gasteiger partial charge is 0.194 e. The van der Waals surface area contributed by atoms with Gasteiger partial charge in [0.25, 0.3) is 0 Å². The summed E-state index contributed by atoms with van der Waals surface area (Å²) in [5.74, 6) is 1.54. The minimum Gasteiger partial charge on any atom is -0.384 e.